The molecule has 4 aromatic rings. The number of rotatable bonds is 5. The highest BCUT2D eigenvalue weighted by atomic mass is 16.3. The van der Waals surface area contributed by atoms with Crippen molar-refractivity contribution in [2.75, 3.05) is 0 Å². The summed E-state index contributed by atoms with van der Waals surface area (Å²) >= 11 is 0. The van der Waals surface area contributed by atoms with Gasteiger partial charge in [-0.25, -0.2) is 0 Å². The van der Waals surface area contributed by atoms with Crippen molar-refractivity contribution in [3.8, 4) is 0 Å². The summed E-state index contributed by atoms with van der Waals surface area (Å²) in [6.07, 6.45) is 2.04. The molecule has 0 saturated heterocycles. The lowest BCUT2D eigenvalue weighted by Gasteiger charge is -2.22. The zero-order valence-electron chi connectivity index (χ0n) is 15.6. The topological polar surface area (TPSA) is 76.5 Å². The lowest BCUT2D eigenvalue weighted by atomic mass is 10.0. The summed E-state index contributed by atoms with van der Waals surface area (Å²) in [5.41, 5.74) is 4.91. The molecule has 0 radical (unpaired) electrons. The number of benzene rings is 1. The Morgan fingerprint density at radius 3 is 2.81 bits per heavy atom. The molecule has 0 fully saturated rings. The number of carbonyl (C=O) groups is 1. The van der Waals surface area contributed by atoms with E-state index < -0.39 is 0 Å². The molecule has 27 heavy (non-hydrogen) atoms. The first kappa shape index (κ1) is 17.2. The maximum atomic E-state index is 12.5. The highest BCUT2D eigenvalue weighted by Gasteiger charge is 2.19. The number of tetrazole rings is 1. The van der Waals surface area contributed by atoms with E-state index in [-0.39, 0.29) is 5.91 Å². The molecule has 1 amide bonds. The molecule has 0 aliphatic heterocycles. The minimum absolute atomic E-state index is 0.0530. The SMILES string of the molecule is CCC(=O)N(Cc1ccco1)Cc1cc2ccc(C)c(C)c2n2nnnc12. The van der Waals surface area contributed by atoms with Gasteiger partial charge in [0, 0.05) is 23.9 Å². The van der Waals surface area contributed by atoms with E-state index in [2.05, 4.69) is 47.6 Å². The number of carbonyl (C=O) groups excluding carboxylic acids is 1. The van der Waals surface area contributed by atoms with Gasteiger partial charge in [-0.1, -0.05) is 19.1 Å². The second kappa shape index (κ2) is 6.83. The number of fused-ring (bicyclic) bond motifs is 3. The fourth-order valence-electron chi connectivity index (χ4n) is 3.38. The standard InChI is InChI=1S/C20H21N5O2/c1-4-18(26)24(12-17-6-5-9-27-17)11-16-10-15-8-7-13(2)14(3)19(15)25-20(16)21-22-23-25/h5-10H,4,11-12H2,1-3H3. The molecule has 0 bridgehead atoms. The Labute approximate surface area is 156 Å². The van der Waals surface area contributed by atoms with Crippen LogP contribution in [0.15, 0.2) is 41.0 Å². The number of aryl methyl sites for hydroxylation is 2. The minimum Gasteiger partial charge on any atom is -0.467 e. The smallest absolute Gasteiger partial charge is 0.222 e. The molecule has 3 heterocycles. The predicted octanol–water partition coefficient (Wildman–Crippen LogP) is 3.43. The third-order valence-electron chi connectivity index (χ3n) is 4.97. The second-order valence-electron chi connectivity index (χ2n) is 6.71. The number of aromatic nitrogens is 4. The molecule has 4 rings (SSSR count). The quantitative estimate of drug-likeness (QED) is 0.543. The van der Waals surface area contributed by atoms with Gasteiger partial charge in [0.2, 0.25) is 5.91 Å². The molecular weight excluding hydrogens is 342 g/mol. The molecule has 0 saturated carbocycles. The van der Waals surface area contributed by atoms with Crippen LogP contribution < -0.4 is 0 Å². The molecule has 0 aliphatic carbocycles. The Morgan fingerprint density at radius 2 is 2.07 bits per heavy atom. The van der Waals surface area contributed by atoms with Crippen LogP contribution in [0.25, 0.3) is 16.6 Å². The van der Waals surface area contributed by atoms with E-state index in [0.717, 1.165) is 27.8 Å². The van der Waals surface area contributed by atoms with Crippen LogP contribution in [0.1, 0.15) is 35.8 Å². The Bertz CT molecular complexity index is 1110. The summed E-state index contributed by atoms with van der Waals surface area (Å²) in [6, 6.07) is 9.93. The van der Waals surface area contributed by atoms with Crippen LogP contribution >= 0.6 is 0 Å². The zero-order valence-corrected chi connectivity index (χ0v) is 15.6. The van der Waals surface area contributed by atoms with Crippen molar-refractivity contribution in [3.63, 3.8) is 0 Å². The minimum atomic E-state index is 0.0530. The Morgan fingerprint density at radius 1 is 1.22 bits per heavy atom. The molecule has 0 aliphatic rings. The summed E-state index contributed by atoms with van der Waals surface area (Å²) in [4.78, 5) is 14.3. The maximum Gasteiger partial charge on any atom is 0.222 e. The molecular formula is C20H21N5O2. The number of pyridine rings is 1. The lowest BCUT2D eigenvalue weighted by Crippen LogP contribution is -2.29. The van der Waals surface area contributed by atoms with Gasteiger partial charge in [0.25, 0.3) is 0 Å². The van der Waals surface area contributed by atoms with Crippen LogP contribution in [0.3, 0.4) is 0 Å². The largest absolute Gasteiger partial charge is 0.467 e. The van der Waals surface area contributed by atoms with Crippen molar-refractivity contribution >= 4 is 22.5 Å². The first-order valence-corrected chi connectivity index (χ1v) is 8.98. The zero-order chi connectivity index (χ0) is 19.0. The van der Waals surface area contributed by atoms with Crippen LogP contribution in [0.4, 0.5) is 0 Å². The van der Waals surface area contributed by atoms with Crippen LogP contribution in [0.2, 0.25) is 0 Å². The molecule has 0 atom stereocenters. The molecule has 7 heteroatoms. The number of amides is 1. The number of nitrogens with zero attached hydrogens (tertiary/aromatic N) is 5. The Hall–Kier alpha value is -3.22. The average molecular weight is 363 g/mol. The van der Waals surface area contributed by atoms with Gasteiger partial charge in [-0.15, -0.1) is 5.10 Å². The van der Waals surface area contributed by atoms with Crippen molar-refractivity contribution in [3.05, 3.63) is 59.0 Å². The van der Waals surface area contributed by atoms with Gasteiger partial charge >= 0.3 is 0 Å². The monoisotopic (exact) mass is 363 g/mol. The predicted molar refractivity (Wildman–Crippen MR) is 101 cm³/mol. The molecule has 1 aromatic carbocycles. The third kappa shape index (κ3) is 3.05. The maximum absolute atomic E-state index is 12.5. The molecule has 7 nitrogen and oxygen atoms in total. The van der Waals surface area contributed by atoms with Crippen molar-refractivity contribution in [2.24, 2.45) is 0 Å². The molecule has 0 N–H and O–H groups in total. The van der Waals surface area contributed by atoms with Crippen LogP contribution in [-0.2, 0) is 17.9 Å². The van der Waals surface area contributed by atoms with Gasteiger partial charge in [0.1, 0.15) is 5.76 Å². The fraction of sp³-hybridized carbons (Fsp3) is 0.300. The molecule has 0 spiro atoms. The van der Waals surface area contributed by atoms with E-state index in [0.29, 0.717) is 25.2 Å². The summed E-state index contributed by atoms with van der Waals surface area (Å²) < 4.78 is 7.20. The van der Waals surface area contributed by atoms with Crippen molar-refractivity contribution in [1.82, 2.24) is 24.9 Å². The summed E-state index contributed by atoms with van der Waals surface area (Å²) in [5.74, 6) is 0.803. The van der Waals surface area contributed by atoms with Gasteiger partial charge in [0.15, 0.2) is 5.65 Å². The van der Waals surface area contributed by atoms with E-state index in [1.807, 2.05) is 19.1 Å². The van der Waals surface area contributed by atoms with Gasteiger partial charge in [-0.05, 0) is 53.6 Å². The molecule has 0 unspecified atom stereocenters. The van der Waals surface area contributed by atoms with E-state index >= 15 is 0 Å². The van der Waals surface area contributed by atoms with Crippen molar-refractivity contribution in [2.45, 2.75) is 40.3 Å². The van der Waals surface area contributed by atoms with Crippen molar-refractivity contribution in [1.29, 1.82) is 0 Å². The van der Waals surface area contributed by atoms with E-state index in [9.17, 15) is 4.79 Å². The number of furan rings is 1. The molecule has 138 valence electrons. The Kier molecular flexibility index (Phi) is 4.35. The van der Waals surface area contributed by atoms with E-state index in [1.54, 1.807) is 15.7 Å². The normalized spacial score (nSPS) is 11.4. The highest BCUT2D eigenvalue weighted by molar-refractivity contribution is 5.87. The first-order chi connectivity index (χ1) is 13.1. The second-order valence-corrected chi connectivity index (χ2v) is 6.71. The number of hydrogen-bond donors (Lipinski definition) is 0. The van der Waals surface area contributed by atoms with Crippen LogP contribution in [-0.4, -0.2) is 30.8 Å². The summed E-state index contributed by atoms with van der Waals surface area (Å²) in [7, 11) is 0. The Balaban J connectivity index is 1.80. The van der Waals surface area contributed by atoms with Gasteiger partial charge < -0.3 is 9.32 Å². The lowest BCUT2D eigenvalue weighted by molar-refractivity contribution is -0.132. The van der Waals surface area contributed by atoms with Crippen molar-refractivity contribution < 1.29 is 9.21 Å². The molecule has 3 aromatic heterocycles. The van der Waals surface area contributed by atoms with Gasteiger partial charge in [-0.2, -0.15) is 4.52 Å². The van der Waals surface area contributed by atoms with Crippen LogP contribution in [0.5, 0.6) is 0 Å². The third-order valence-corrected chi connectivity index (χ3v) is 4.97. The summed E-state index contributed by atoms with van der Waals surface area (Å²) in [6.45, 7) is 6.84. The number of hydrogen-bond acceptors (Lipinski definition) is 5. The van der Waals surface area contributed by atoms with Crippen LogP contribution in [0, 0.1) is 13.8 Å². The highest BCUT2D eigenvalue weighted by Crippen LogP contribution is 2.25. The summed E-state index contributed by atoms with van der Waals surface area (Å²) in [5, 5.41) is 13.3. The van der Waals surface area contributed by atoms with E-state index in [4.69, 9.17) is 4.42 Å². The van der Waals surface area contributed by atoms with Gasteiger partial charge in [0.05, 0.1) is 18.3 Å². The van der Waals surface area contributed by atoms with Gasteiger partial charge in [-0.3, -0.25) is 4.79 Å². The first-order valence-electron chi connectivity index (χ1n) is 8.98. The average Bonchev–Trinajstić information content (AvgIpc) is 3.35. The fourth-order valence-corrected chi connectivity index (χ4v) is 3.38. The van der Waals surface area contributed by atoms with E-state index in [1.165, 1.54) is 5.56 Å².